The van der Waals surface area contributed by atoms with E-state index in [0.29, 0.717) is 0 Å². The summed E-state index contributed by atoms with van der Waals surface area (Å²) >= 11 is 0. The van der Waals surface area contributed by atoms with Crippen LogP contribution in [0.4, 0.5) is 0 Å². The number of aliphatic hydroxyl groups is 2. The van der Waals surface area contributed by atoms with Crippen LogP contribution in [0.15, 0.2) is 0 Å². The van der Waals surface area contributed by atoms with E-state index in [9.17, 15) is 4.57 Å². The van der Waals surface area contributed by atoms with Crippen LogP contribution in [0, 0.1) is 0 Å². The molecule has 0 amide bonds. The highest BCUT2D eigenvalue weighted by Gasteiger charge is 1.97. The molecule has 2 N–H and O–H groups in total. The highest BCUT2D eigenvalue weighted by Crippen LogP contribution is 1.93. The van der Waals surface area contributed by atoms with E-state index in [1.807, 2.05) is 0 Å². The Hall–Kier alpha value is -0.0200. The van der Waals surface area contributed by atoms with Gasteiger partial charge < -0.3 is 14.9 Å². The fourth-order valence-corrected chi connectivity index (χ4v) is 0.402. The second-order valence-corrected chi connectivity index (χ2v) is 1.58. The van der Waals surface area contributed by atoms with Gasteiger partial charge in [0, 0.05) is 0 Å². The minimum absolute atomic E-state index is 0.0816. The molecular weight excluding hydrogens is 131 g/mol. The summed E-state index contributed by atoms with van der Waals surface area (Å²) in [6, 6.07) is 0. The van der Waals surface area contributed by atoms with Crippen molar-refractivity contribution in [1.29, 1.82) is 0 Å². The van der Waals surface area contributed by atoms with Crippen LogP contribution in [0.2, 0.25) is 0 Å². The molecule has 5 heteroatoms. The smallest absolute Gasteiger partial charge is 0.184 e. The van der Waals surface area contributed by atoms with Gasteiger partial charge in [0.25, 0.3) is 0 Å². The van der Waals surface area contributed by atoms with Crippen molar-refractivity contribution < 1.29 is 19.5 Å². The van der Waals surface area contributed by atoms with Crippen molar-refractivity contribution >= 4 is 8.46 Å². The van der Waals surface area contributed by atoms with E-state index in [-0.39, 0.29) is 14.8 Å². The summed E-state index contributed by atoms with van der Waals surface area (Å²) in [5.41, 5.74) is 0. The number of hydrogen-bond acceptors (Lipinski definition) is 4. The average Bonchev–Trinajstić information content (AvgIpc) is 1.83. The predicted octanol–water partition coefficient (Wildman–Crippen LogP) is -0.437. The molecule has 8 heavy (non-hydrogen) atoms. The Morgan fingerprint density at radius 3 is 2.75 bits per heavy atom. The molecule has 48 valence electrons. The van der Waals surface area contributed by atoms with Crippen LogP contribution < -0.4 is 0 Å². The van der Waals surface area contributed by atoms with Crippen molar-refractivity contribution in [1.82, 2.24) is 0 Å². The van der Waals surface area contributed by atoms with E-state index in [1.54, 1.807) is 0 Å². The molecular formula is C3H7O4P. The van der Waals surface area contributed by atoms with Gasteiger partial charge in [-0.2, -0.15) is 0 Å². The molecule has 0 bridgehead atoms. The Morgan fingerprint density at radius 1 is 1.75 bits per heavy atom. The van der Waals surface area contributed by atoms with Crippen LogP contribution in [0.5, 0.6) is 0 Å². The van der Waals surface area contributed by atoms with Gasteiger partial charge in [-0.05, 0) is 0 Å². The van der Waals surface area contributed by atoms with E-state index >= 15 is 0 Å². The zero-order valence-corrected chi connectivity index (χ0v) is 5.04. The maximum Gasteiger partial charge on any atom is 0.184 e. The number of ether oxygens (including phenoxy) is 1. The molecule has 1 atom stereocenters. The van der Waals surface area contributed by atoms with Crippen LogP contribution in [0.25, 0.3) is 0 Å². The zero-order valence-electron chi connectivity index (χ0n) is 4.15. The van der Waals surface area contributed by atoms with Crippen LogP contribution in [0.3, 0.4) is 0 Å². The third kappa shape index (κ3) is 4.15. The van der Waals surface area contributed by atoms with Gasteiger partial charge in [-0.1, -0.05) is 0 Å². The zero-order chi connectivity index (χ0) is 6.41. The average molecular weight is 138 g/mol. The molecule has 0 radical (unpaired) electrons. The molecule has 0 rings (SSSR count). The molecule has 1 unspecified atom stereocenters. The first kappa shape index (κ1) is 7.98. The summed E-state index contributed by atoms with van der Waals surface area (Å²) in [5.74, 6) is 0. The molecule has 0 heterocycles. The van der Waals surface area contributed by atoms with Gasteiger partial charge in [0.05, 0.1) is 6.61 Å². The van der Waals surface area contributed by atoms with Crippen LogP contribution >= 0.6 is 8.46 Å². The molecule has 0 fully saturated rings. The highest BCUT2D eigenvalue weighted by molar-refractivity contribution is 7.23. The van der Waals surface area contributed by atoms with Crippen molar-refractivity contribution in [2.45, 2.75) is 6.29 Å². The SMILES string of the molecule is O=PCOC(O)CO. The molecule has 0 aromatic rings. The topological polar surface area (TPSA) is 66.8 Å². The molecule has 0 aromatic heterocycles. The van der Waals surface area contributed by atoms with Crippen LogP contribution in [0.1, 0.15) is 0 Å². The fourth-order valence-electron chi connectivity index (χ4n) is 0.169. The molecule has 4 nitrogen and oxygen atoms in total. The summed E-state index contributed by atoms with van der Waals surface area (Å²) in [6.45, 7) is -0.463. The summed E-state index contributed by atoms with van der Waals surface area (Å²) < 4.78 is 13.9. The van der Waals surface area contributed by atoms with Gasteiger partial charge in [-0.3, -0.25) is 4.57 Å². The van der Waals surface area contributed by atoms with Crippen molar-refractivity contribution in [3.8, 4) is 0 Å². The number of aliphatic hydroxyl groups excluding tert-OH is 2. The molecule has 0 aliphatic carbocycles. The van der Waals surface area contributed by atoms with Gasteiger partial charge >= 0.3 is 0 Å². The lowest BCUT2D eigenvalue weighted by Crippen LogP contribution is -2.15. The van der Waals surface area contributed by atoms with Gasteiger partial charge in [-0.15, -0.1) is 0 Å². The summed E-state index contributed by atoms with van der Waals surface area (Å²) in [4.78, 5) is 0. The Balaban J connectivity index is 2.97. The largest absolute Gasteiger partial charge is 0.391 e. The van der Waals surface area contributed by atoms with Crippen LogP contribution in [-0.4, -0.2) is 29.5 Å². The highest BCUT2D eigenvalue weighted by atomic mass is 31.1. The minimum atomic E-state index is -1.20. The van der Waals surface area contributed by atoms with Gasteiger partial charge in [-0.25, -0.2) is 0 Å². The van der Waals surface area contributed by atoms with E-state index in [1.165, 1.54) is 0 Å². The first-order valence-electron chi connectivity index (χ1n) is 2.01. The van der Waals surface area contributed by atoms with Crippen molar-refractivity contribution in [2.24, 2.45) is 0 Å². The monoisotopic (exact) mass is 138 g/mol. The second kappa shape index (κ2) is 5.12. The molecule has 0 aromatic carbocycles. The van der Waals surface area contributed by atoms with Crippen molar-refractivity contribution in [2.75, 3.05) is 13.0 Å². The maximum absolute atomic E-state index is 9.60. The quantitative estimate of drug-likeness (QED) is 0.408. The van der Waals surface area contributed by atoms with Gasteiger partial charge in [0.15, 0.2) is 14.8 Å². The van der Waals surface area contributed by atoms with E-state index in [4.69, 9.17) is 10.2 Å². The van der Waals surface area contributed by atoms with E-state index in [0.717, 1.165) is 0 Å². The first-order valence-corrected chi connectivity index (χ1v) is 3.00. The lowest BCUT2D eigenvalue weighted by molar-refractivity contribution is -0.109. The maximum atomic E-state index is 9.60. The normalized spacial score (nSPS) is 14.2. The predicted molar refractivity (Wildman–Crippen MR) is 26.7 cm³/mol. The van der Waals surface area contributed by atoms with Gasteiger partial charge in [0.1, 0.15) is 6.35 Å². The van der Waals surface area contributed by atoms with Crippen molar-refractivity contribution in [3.63, 3.8) is 0 Å². The summed E-state index contributed by atoms with van der Waals surface area (Å²) in [5, 5.41) is 16.5. The third-order valence-corrected chi connectivity index (χ3v) is 0.730. The second-order valence-electron chi connectivity index (χ2n) is 1.06. The summed E-state index contributed by atoms with van der Waals surface area (Å²) in [6.07, 6.45) is -1.28. The summed E-state index contributed by atoms with van der Waals surface area (Å²) in [7, 11) is -0.194. The number of rotatable bonds is 4. The van der Waals surface area contributed by atoms with E-state index in [2.05, 4.69) is 4.74 Å². The van der Waals surface area contributed by atoms with Gasteiger partial charge in [0.2, 0.25) is 0 Å². The third-order valence-electron chi connectivity index (χ3n) is 0.476. The number of hydrogen-bond donors (Lipinski definition) is 2. The van der Waals surface area contributed by atoms with Crippen LogP contribution in [-0.2, 0) is 9.30 Å². The minimum Gasteiger partial charge on any atom is -0.391 e. The lowest BCUT2D eigenvalue weighted by Gasteiger charge is -2.02. The van der Waals surface area contributed by atoms with E-state index < -0.39 is 12.9 Å². The fraction of sp³-hybridized carbons (Fsp3) is 1.00. The molecule has 0 aliphatic heterocycles. The molecule has 0 spiro atoms. The first-order chi connectivity index (χ1) is 3.81. The van der Waals surface area contributed by atoms with Crippen molar-refractivity contribution in [3.05, 3.63) is 0 Å². The molecule has 0 saturated heterocycles. The lowest BCUT2D eigenvalue weighted by atomic mass is 10.7. The standard InChI is InChI=1S/C3H7O4P/c4-1-3(5)7-2-8-6/h3-5H,1-2H2. The molecule has 0 aliphatic rings. The Morgan fingerprint density at radius 2 is 2.38 bits per heavy atom. The Bertz CT molecular complexity index is 66.3. The Kier molecular flexibility index (Phi) is 5.11. The Labute approximate surface area is 48.3 Å². The molecule has 0 saturated carbocycles.